The average Bonchev–Trinajstić information content (AvgIpc) is 2.92. The predicted molar refractivity (Wildman–Crippen MR) is 98.9 cm³/mol. The Morgan fingerprint density at radius 3 is 2.46 bits per heavy atom. The number of carbonyl (C=O) groups excluding carboxylic acids is 1. The minimum atomic E-state index is -1.08. The van der Waals surface area contributed by atoms with E-state index in [1.54, 1.807) is 26.8 Å². The molecule has 1 aromatic carbocycles. The molecule has 1 N–H and O–H groups in total. The van der Waals surface area contributed by atoms with Crippen molar-refractivity contribution in [2.75, 3.05) is 6.54 Å². The van der Waals surface area contributed by atoms with Crippen LogP contribution in [0.3, 0.4) is 0 Å². The molecule has 0 radical (unpaired) electrons. The highest BCUT2D eigenvalue weighted by atomic mass is 35.5. The van der Waals surface area contributed by atoms with Gasteiger partial charge in [-0.2, -0.15) is 0 Å². The van der Waals surface area contributed by atoms with Crippen LogP contribution in [0.25, 0.3) is 0 Å². The van der Waals surface area contributed by atoms with Crippen LogP contribution in [-0.4, -0.2) is 46.4 Å². The first kappa shape index (κ1) is 20.4. The van der Waals surface area contributed by atoms with Crippen LogP contribution >= 0.6 is 11.6 Å². The minimum absolute atomic E-state index is 0.133. The molecule has 2 unspecified atom stereocenters. The van der Waals surface area contributed by atoms with Crippen molar-refractivity contribution in [3.05, 3.63) is 28.8 Å². The second kappa shape index (κ2) is 7.74. The Morgan fingerprint density at radius 1 is 1.31 bits per heavy atom. The molecular formula is C19H26ClNO5. The first-order valence-electron chi connectivity index (χ1n) is 8.66. The third-order valence-electron chi connectivity index (χ3n) is 4.09. The van der Waals surface area contributed by atoms with Gasteiger partial charge in [0.25, 0.3) is 0 Å². The SMILES string of the molecule is CC(C)c1ccc(OC2CC(C(=O)O)N(C(=O)OC(C)(C)C)C2)c(Cl)c1. The van der Waals surface area contributed by atoms with Crippen molar-refractivity contribution in [2.45, 2.75) is 64.7 Å². The van der Waals surface area contributed by atoms with Crippen LogP contribution in [0.4, 0.5) is 4.79 Å². The summed E-state index contributed by atoms with van der Waals surface area (Å²) in [6.07, 6.45) is -0.945. The second-order valence-corrected chi connectivity index (χ2v) is 8.21. The van der Waals surface area contributed by atoms with Crippen LogP contribution in [0.5, 0.6) is 5.75 Å². The Morgan fingerprint density at radius 2 is 1.96 bits per heavy atom. The molecule has 2 atom stereocenters. The van der Waals surface area contributed by atoms with Crippen molar-refractivity contribution in [3.8, 4) is 5.75 Å². The zero-order chi connectivity index (χ0) is 19.6. The van der Waals surface area contributed by atoms with Gasteiger partial charge in [-0.1, -0.05) is 31.5 Å². The van der Waals surface area contributed by atoms with Crippen molar-refractivity contribution in [1.82, 2.24) is 4.90 Å². The van der Waals surface area contributed by atoms with Gasteiger partial charge >= 0.3 is 12.1 Å². The fourth-order valence-corrected chi connectivity index (χ4v) is 3.02. The second-order valence-electron chi connectivity index (χ2n) is 7.81. The molecule has 1 aromatic rings. The van der Waals surface area contributed by atoms with Crippen LogP contribution in [0.15, 0.2) is 18.2 Å². The molecule has 7 heteroatoms. The van der Waals surface area contributed by atoms with Gasteiger partial charge in [0.05, 0.1) is 11.6 Å². The molecule has 26 heavy (non-hydrogen) atoms. The van der Waals surface area contributed by atoms with Gasteiger partial charge in [0, 0.05) is 6.42 Å². The molecule has 2 rings (SSSR count). The number of likely N-dealkylation sites (tertiary alicyclic amines) is 1. The van der Waals surface area contributed by atoms with Crippen molar-refractivity contribution in [1.29, 1.82) is 0 Å². The lowest BCUT2D eigenvalue weighted by Gasteiger charge is -2.26. The fourth-order valence-electron chi connectivity index (χ4n) is 2.79. The van der Waals surface area contributed by atoms with Crippen molar-refractivity contribution >= 4 is 23.7 Å². The quantitative estimate of drug-likeness (QED) is 0.838. The summed E-state index contributed by atoms with van der Waals surface area (Å²) in [6, 6.07) is 4.57. The van der Waals surface area contributed by atoms with Gasteiger partial charge in [0.15, 0.2) is 0 Å². The van der Waals surface area contributed by atoms with Crippen molar-refractivity contribution in [3.63, 3.8) is 0 Å². The maximum Gasteiger partial charge on any atom is 0.411 e. The fraction of sp³-hybridized carbons (Fsp3) is 0.579. The van der Waals surface area contributed by atoms with Crippen LogP contribution in [0.1, 0.15) is 52.5 Å². The number of benzene rings is 1. The van der Waals surface area contributed by atoms with Crippen LogP contribution in [-0.2, 0) is 9.53 Å². The van der Waals surface area contributed by atoms with E-state index in [-0.39, 0.29) is 13.0 Å². The smallest absolute Gasteiger partial charge is 0.411 e. The number of hydrogen-bond donors (Lipinski definition) is 1. The monoisotopic (exact) mass is 383 g/mol. The summed E-state index contributed by atoms with van der Waals surface area (Å²) in [7, 11) is 0. The van der Waals surface area contributed by atoms with Crippen LogP contribution in [0, 0.1) is 0 Å². The zero-order valence-corrected chi connectivity index (χ0v) is 16.5. The van der Waals surface area contributed by atoms with Gasteiger partial charge in [-0.05, 0) is 44.4 Å². The Hall–Kier alpha value is -1.95. The standard InChI is InChI=1S/C19H26ClNO5/c1-11(2)12-6-7-16(14(20)8-12)25-13-9-15(17(22)23)21(10-13)18(24)26-19(3,4)5/h6-8,11,13,15H,9-10H2,1-5H3,(H,22,23). The molecule has 6 nitrogen and oxygen atoms in total. The van der Waals surface area contributed by atoms with E-state index in [0.29, 0.717) is 16.7 Å². The van der Waals surface area contributed by atoms with E-state index in [1.807, 2.05) is 12.1 Å². The van der Waals surface area contributed by atoms with E-state index in [9.17, 15) is 14.7 Å². The zero-order valence-electron chi connectivity index (χ0n) is 15.8. The summed E-state index contributed by atoms with van der Waals surface area (Å²) >= 11 is 6.29. The number of hydrogen-bond acceptors (Lipinski definition) is 4. The number of amides is 1. The first-order valence-corrected chi connectivity index (χ1v) is 9.04. The first-order chi connectivity index (χ1) is 12.0. The lowest BCUT2D eigenvalue weighted by molar-refractivity contribution is -0.142. The number of nitrogens with zero attached hydrogens (tertiary/aromatic N) is 1. The van der Waals surface area contributed by atoms with E-state index < -0.39 is 29.8 Å². The number of carbonyl (C=O) groups is 2. The maximum absolute atomic E-state index is 12.3. The maximum atomic E-state index is 12.3. The molecule has 0 aromatic heterocycles. The Balaban J connectivity index is 2.12. The molecule has 144 valence electrons. The Labute approximate surface area is 159 Å². The normalized spacial score (nSPS) is 20.3. The van der Waals surface area contributed by atoms with Gasteiger partial charge in [-0.25, -0.2) is 9.59 Å². The summed E-state index contributed by atoms with van der Waals surface area (Å²) < 4.78 is 11.2. The Kier molecular flexibility index (Phi) is 6.06. The largest absolute Gasteiger partial charge is 0.487 e. The molecule has 0 bridgehead atoms. The number of ether oxygens (including phenoxy) is 2. The van der Waals surface area contributed by atoms with Crippen molar-refractivity contribution in [2.24, 2.45) is 0 Å². The molecular weight excluding hydrogens is 358 g/mol. The van der Waals surface area contributed by atoms with E-state index in [4.69, 9.17) is 21.1 Å². The molecule has 1 saturated heterocycles. The molecule has 1 aliphatic rings. The molecule has 0 aliphatic carbocycles. The third kappa shape index (κ3) is 5.04. The number of rotatable bonds is 4. The predicted octanol–water partition coefficient (Wildman–Crippen LogP) is 4.30. The van der Waals surface area contributed by atoms with E-state index in [1.165, 1.54) is 4.90 Å². The number of carboxylic acids is 1. The van der Waals surface area contributed by atoms with Crippen LogP contribution < -0.4 is 4.74 Å². The lowest BCUT2D eigenvalue weighted by atomic mass is 10.0. The van der Waals surface area contributed by atoms with E-state index in [0.717, 1.165) is 5.56 Å². The summed E-state index contributed by atoms with van der Waals surface area (Å²) in [5, 5.41) is 9.91. The van der Waals surface area contributed by atoms with Gasteiger partial charge < -0.3 is 14.6 Å². The van der Waals surface area contributed by atoms with Crippen LogP contribution in [0.2, 0.25) is 5.02 Å². The highest BCUT2D eigenvalue weighted by Gasteiger charge is 2.42. The topological polar surface area (TPSA) is 76.1 Å². The molecule has 1 aliphatic heterocycles. The van der Waals surface area contributed by atoms with Gasteiger partial charge in [-0.15, -0.1) is 0 Å². The van der Waals surface area contributed by atoms with Crippen molar-refractivity contribution < 1.29 is 24.2 Å². The van der Waals surface area contributed by atoms with Gasteiger partial charge in [-0.3, -0.25) is 4.90 Å². The molecule has 1 amide bonds. The highest BCUT2D eigenvalue weighted by Crippen LogP contribution is 2.32. The van der Waals surface area contributed by atoms with Gasteiger partial charge in [0.1, 0.15) is 23.5 Å². The van der Waals surface area contributed by atoms with E-state index in [2.05, 4.69) is 13.8 Å². The number of carboxylic acid groups (broad SMARTS) is 1. The summed E-state index contributed by atoms with van der Waals surface area (Å²) in [5.74, 6) is -0.258. The summed E-state index contributed by atoms with van der Waals surface area (Å²) in [6.45, 7) is 9.48. The molecule has 0 saturated carbocycles. The molecule has 1 fully saturated rings. The Bertz CT molecular complexity index is 683. The molecule has 1 heterocycles. The number of halogens is 1. The third-order valence-corrected chi connectivity index (χ3v) is 4.39. The summed E-state index contributed by atoms with van der Waals surface area (Å²) in [4.78, 5) is 25.1. The average molecular weight is 384 g/mol. The van der Waals surface area contributed by atoms with Gasteiger partial charge in [0.2, 0.25) is 0 Å². The minimum Gasteiger partial charge on any atom is -0.487 e. The lowest BCUT2D eigenvalue weighted by Crippen LogP contribution is -2.43. The van der Waals surface area contributed by atoms with E-state index >= 15 is 0 Å². The summed E-state index contributed by atoms with van der Waals surface area (Å²) in [5.41, 5.74) is 0.391. The highest BCUT2D eigenvalue weighted by molar-refractivity contribution is 6.32. The number of aliphatic carboxylic acids is 1. The molecule has 0 spiro atoms.